The van der Waals surface area contributed by atoms with E-state index in [9.17, 15) is 0 Å². The molecule has 10 aliphatic rings. The van der Waals surface area contributed by atoms with Crippen molar-refractivity contribution < 1.29 is 8.83 Å². The Labute approximate surface area is 673 Å². The van der Waals surface area contributed by atoms with Crippen LogP contribution in [0.5, 0.6) is 0 Å². The average molecular weight is 1480 g/mol. The lowest BCUT2D eigenvalue weighted by Gasteiger charge is -2.61. The van der Waals surface area contributed by atoms with E-state index in [1.165, 1.54) is 148 Å². The molecule has 0 saturated heterocycles. The topological polar surface area (TPSA) is 32.8 Å². The molecule has 0 radical (unpaired) electrons. The zero-order chi connectivity index (χ0) is 75.6. The standard InChI is InChI=1S/C58H45NO.C53H43NO/c1-3-13-39(14-4-1)40-25-27-44(28-26-40)59(53-22-12-24-55-56(53)50-18-8-10-23-54(50)60-55)45-29-30-46(51(36-45)41-15-5-2-6-16-41)48-19-11-20-49-47-17-7-9-21-52(47)58(57(48)49)42-32-37-31-38(34-42)35-43(58)33-37;1-33-27-41(54(40-23-21-37(22-24-40)36-11-3-2-4-12-36)48-18-10-20-50-51(48)46-14-6-8-19-49(46)55-50)25-26-42(33)44-15-9-16-45-43-13-5-7-17-47(43)53(52(44)45)38-29-34-28-35(31-38)32-39(53)30-34/h1-30,36-38,42-43H,31-35H2;2-27,34-35,38-39H,28-32H2,1H3. The number of nitrogens with zero attached hydrogens (tertiary/aromatic N) is 2. The predicted molar refractivity (Wildman–Crippen MR) is 475 cm³/mol. The van der Waals surface area contributed by atoms with Crippen LogP contribution in [0.3, 0.4) is 0 Å². The number of benzene rings is 15. The summed E-state index contributed by atoms with van der Waals surface area (Å²) in [6.07, 6.45) is 13.9. The zero-order valence-electron chi connectivity index (χ0n) is 64.8. The highest BCUT2D eigenvalue weighted by atomic mass is 16.3. The molecule has 2 aromatic heterocycles. The van der Waals surface area contributed by atoms with Gasteiger partial charge in [-0.05, 0) is 309 Å². The Morgan fingerprint density at radius 1 is 0.243 bits per heavy atom. The summed E-state index contributed by atoms with van der Waals surface area (Å²) in [5.74, 6) is 6.46. The van der Waals surface area contributed by atoms with Gasteiger partial charge in [-0.1, -0.05) is 261 Å². The molecule has 4 heteroatoms. The molecule has 27 rings (SSSR count). The second kappa shape index (κ2) is 26.3. The van der Waals surface area contributed by atoms with Crippen molar-refractivity contribution >= 4 is 78.0 Å². The van der Waals surface area contributed by atoms with E-state index >= 15 is 0 Å². The molecule has 10 aliphatic carbocycles. The third-order valence-corrected chi connectivity index (χ3v) is 29.2. The highest BCUT2D eigenvalue weighted by Gasteiger charge is 2.64. The SMILES string of the molecule is Cc1cc(N(c2ccc(-c3ccccc3)cc2)c2cccc3oc4ccccc4c23)ccc1-c1cccc2c1C1(c3ccccc3-2)C2CC3CC(C2)CC1C3.c1ccc(-c2ccc(N(c3ccc(-c4cccc5c4C4(c6ccccc6-5)C5CC6CC(C5)CC4C6)c(-c4ccccc4)c3)c3cccc4oc5ccccc5c34)cc2)cc1. The second-order valence-electron chi connectivity index (χ2n) is 35.0. The molecule has 4 nitrogen and oxygen atoms in total. The minimum Gasteiger partial charge on any atom is -0.456 e. The van der Waals surface area contributed by atoms with Gasteiger partial charge >= 0.3 is 0 Å². The van der Waals surface area contributed by atoms with Crippen LogP contribution in [0.4, 0.5) is 34.1 Å². The molecule has 8 fully saturated rings. The lowest BCUT2D eigenvalue weighted by molar-refractivity contribution is -0.0397. The summed E-state index contributed by atoms with van der Waals surface area (Å²) in [7, 11) is 0. The molecule has 2 spiro atoms. The van der Waals surface area contributed by atoms with Crippen molar-refractivity contribution in [2.75, 3.05) is 9.80 Å². The number of hydrogen-bond donors (Lipinski definition) is 0. The monoisotopic (exact) mass is 1480 g/mol. The number of para-hydroxylation sites is 2. The van der Waals surface area contributed by atoms with Crippen molar-refractivity contribution in [3.63, 3.8) is 0 Å². The lowest BCUT2D eigenvalue weighted by atomic mass is 9.42. The molecule has 0 unspecified atom stereocenters. The number of anilines is 6. The van der Waals surface area contributed by atoms with Crippen LogP contribution in [-0.4, -0.2) is 0 Å². The number of aryl methyl sites for hydroxylation is 1. The molecule has 0 amide bonds. The summed E-state index contributed by atoms with van der Waals surface area (Å²) >= 11 is 0. The van der Waals surface area contributed by atoms with Crippen LogP contribution < -0.4 is 9.80 Å². The largest absolute Gasteiger partial charge is 0.456 e. The van der Waals surface area contributed by atoms with E-state index in [4.69, 9.17) is 8.83 Å². The molecule has 8 bridgehead atoms. The summed E-state index contributed by atoms with van der Waals surface area (Å²) in [5, 5.41) is 4.50. The first-order valence-corrected chi connectivity index (χ1v) is 42.4. The maximum atomic E-state index is 6.50. The van der Waals surface area contributed by atoms with Crippen LogP contribution in [0.1, 0.15) is 92.0 Å². The number of hydrogen-bond acceptors (Lipinski definition) is 4. The van der Waals surface area contributed by atoms with Crippen LogP contribution in [0.2, 0.25) is 0 Å². The van der Waals surface area contributed by atoms with E-state index < -0.39 is 0 Å². The minimum atomic E-state index is 0.0626. The Morgan fingerprint density at radius 3 is 1.02 bits per heavy atom. The van der Waals surface area contributed by atoms with Crippen LogP contribution in [-0.2, 0) is 10.8 Å². The van der Waals surface area contributed by atoms with Gasteiger partial charge in [0.2, 0.25) is 0 Å². The van der Waals surface area contributed by atoms with E-state index in [2.05, 4.69) is 363 Å². The fourth-order valence-corrected chi connectivity index (χ4v) is 25.3. The summed E-state index contributed by atoms with van der Waals surface area (Å²) < 4.78 is 12.9. The molecule has 8 saturated carbocycles. The van der Waals surface area contributed by atoms with Crippen molar-refractivity contribution in [1.29, 1.82) is 0 Å². The van der Waals surface area contributed by atoms with Crippen molar-refractivity contribution in [1.82, 2.24) is 0 Å². The van der Waals surface area contributed by atoms with Crippen LogP contribution in [0.25, 0.3) is 122 Å². The Bertz CT molecular complexity index is 6650. The third-order valence-electron chi connectivity index (χ3n) is 29.2. The lowest BCUT2D eigenvalue weighted by Crippen LogP contribution is -2.55. The molecule has 115 heavy (non-hydrogen) atoms. The van der Waals surface area contributed by atoms with Gasteiger partial charge in [0.25, 0.3) is 0 Å². The Hall–Kier alpha value is -12.5. The molecule has 2 heterocycles. The first-order chi connectivity index (χ1) is 56.9. The van der Waals surface area contributed by atoms with Gasteiger partial charge in [0.15, 0.2) is 0 Å². The number of rotatable bonds is 11. The summed E-state index contributed by atoms with van der Waals surface area (Å²) in [6.45, 7) is 2.33. The van der Waals surface area contributed by atoms with Crippen LogP contribution in [0, 0.1) is 54.3 Å². The van der Waals surface area contributed by atoms with Crippen molar-refractivity contribution in [2.24, 2.45) is 47.3 Å². The van der Waals surface area contributed by atoms with Gasteiger partial charge in [0, 0.05) is 44.4 Å². The van der Waals surface area contributed by atoms with Crippen molar-refractivity contribution in [3.05, 3.63) is 374 Å². The average Bonchev–Trinajstić information content (AvgIpc) is 1.54. The summed E-state index contributed by atoms with van der Waals surface area (Å²) in [5.41, 5.74) is 36.9. The van der Waals surface area contributed by atoms with Gasteiger partial charge in [-0.15, -0.1) is 0 Å². The van der Waals surface area contributed by atoms with Crippen molar-refractivity contribution in [3.8, 4) is 77.9 Å². The molecule has 17 aromatic rings. The number of furan rings is 2. The Balaban J connectivity index is 0.000000133. The van der Waals surface area contributed by atoms with Crippen molar-refractivity contribution in [2.45, 2.75) is 82.0 Å². The fourth-order valence-electron chi connectivity index (χ4n) is 25.3. The van der Waals surface area contributed by atoms with Gasteiger partial charge in [-0.25, -0.2) is 0 Å². The van der Waals surface area contributed by atoms with Crippen LogP contribution in [0.15, 0.2) is 355 Å². The first-order valence-electron chi connectivity index (χ1n) is 42.4. The minimum absolute atomic E-state index is 0.0626. The molecule has 15 aromatic carbocycles. The Morgan fingerprint density at radius 2 is 0.574 bits per heavy atom. The Kier molecular flexibility index (Phi) is 15.3. The van der Waals surface area contributed by atoms with Gasteiger partial charge in [-0.2, -0.15) is 0 Å². The third kappa shape index (κ3) is 10.2. The molecular weight excluding hydrogens is 1390 g/mol. The first kappa shape index (κ1) is 67.0. The fraction of sp³-hybridized carbons (Fsp3) is 0.189. The van der Waals surface area contributed by atoms with Gasteiger partial charge in [-0.3, -0.25) is 0 Å². The molecule has 0 N–H and O–H groups in total. The van der Waals surface area contributed by atoms with E-state index in [1.807, 2.05) is 0 Å². The predicted octanol–water partition coefficient (Wildman–Crippen LogP) is 30.2. The normalized spacial score (nSPS) is 22.5. The quantitative estimate of drug-likeness (QED) is 0.129. The van der Waals surface area contributed by atoms with E-state index in [-0.39, 0.29) is 10.8 Å². The molecule has 554 valence electrons. The smallest absolute Gasteiger partial charge is 0.137 e. The summed E-state index contributed by atoms with van der Waals surface area (Å²) in [4.78, 5) is 4.88. The van der Waals surface area contributed by atoms with E-state index in [1.54, 1.807) is 22.3 Å². The highest BCUT2D eigenvalue weighted by molar-refractivity contribution is 6.15. The summed E-state index contributed by atoms with van der Waals surface area (Å²) in [6, 6.07) is 128. The van der Waals surface area contributed by atoms with E-state index in [0.717, 1.165) is 114 Å². The number of fused-ring (bicyclic) bond motifs is 12. The second-order valence-corrected chi connectivity index (χ2v) is 35.0. The zero-order valence-corrected chi connectivity index (χ0v) is 64.8. The highest BCUT2D eigenvalue weighted by Crippen LogP contribution is 2.73. The maximum absolute atomic E-state index is 6.50. The molecular formula is C111H88N2O2. The van der Waals surface area contributed by atoms with Gasteiger partial charge < -0.3 is 18.6 Å². The van der Waals surface area contributed by atoms with E-state index in [0.29, 0.717) is 11.8 Å². The van der Waals surface area contributed by atoms with Gasteiger partial charge in [0.05, 0.1) is 22.1 Å². The molecule has 0 aliphatic heterocycles. The molecule has 0 atom stereocenters. The van der Waals surface area contributed by atoms with Crippen LogP contribution >= 0.6 is 0 Å². The maximum Gasteiger partial charge on any atom is 0.137 e. The van der Waals surface area contributed by atoms with Gasteiger partial charge in [0.1, 0.15) is 22.3 Å².